The van der Waals surface area contributed by atoms with E-state index in [9.17, 15) is 0 Å². The molecule has 2 nitrogen and oxygen atoms in total. The lowest BCUT2D eigenvalue weighted by molar-refractivity contribution is 0.621. The molecule has 5 rings (SSSR count). The van der Waals surface area contributed by atoms with Crippen molar-refractivity contribution in [2.75, 3.05) is 0 Å². The molecule has 0 aliphatic heterocycles. The van der Waals surface area contributed by atoms with Crippen LogP contribution in [0.4, 0.5) is 0 Å². The third kappa shape index (κ3) is 1.19. The minimum atomic E-state index is 0.996. The van der Waals surface area contributed by atoms with Crippen molar-refractivity contribution in [1.82, 2.24) is 4.98 Å². The Bertz CT molecular complexity index is 958. The molecule has 0 unspecified atom stereocenters. The van der Waals surface area contributed by atoms with Crippen molar-refractivity contribution in [3.05, 3.63) is 59.8 Å². The summed E-state index contributed by atoms with van der Waals surface area (Å²) < 4.78 is 6.16. The van der Waals surface area contributed by atoms with E-state index in [1.807, 2.05) is 6.07 Å². The molecule has 1 aliphatic rings. The Morgan fingerprint density at radius 3 is 2.60 bits per heavy atom. The van der Waals surface area contributed by atoms with E-state index < -0.39 is 0 Å². The molecule has 0 radical (unpaired) electrons. The van der Waals surface area contributed by atoms with Gasteiger partial charge < -0.3 is 9.40 Å². The highest BCUT2D eigenvalue weighted by Gasteiger charge is 2.25. The van der Waals surface area contributed by atoms with E-state index in [2.05, 4.69) is 47.4 Å². The smallest absolute Gasteiger partial charge is 0.141 e. The molecular formula is C18H13NO. The summed E-state index contributed by atoms with van der Waals surface area (Å²) in [6, 6.07) is 16.8. The molecule has 4 aromatic rings. The number of para-hydroxylation sites is 2. The van der Waals surface area contributed by atoms with E-state index in [1.54, 1.807) is 0 Å². The molecule has 1 aliphatic carbocycles. The van der Waals surface area contributed by atoms with Crippen molar-refractivity contribution in [3.63, 3.8) is 0 Å². The summed E-state index contributed by atoms with van der Waals surface area (Å²) in [5, 5.41) is 2.53. The maximum absolute atomic E-state index is 6.16. The van der Waals surface area contributed by atoms with Gasteiger partial charge in [0.05, 0.1) is 0 Å². The van der Waals surface area contributed by atoms with Gasteiger partial charge in [-0.25, -0.2) is 0 Å². The van der Waals surface area contributed by atoms with E-state index >= 15 is 0 Å². The van der Waals surface area contributed by atoms with Gasteiger partial charge in [-0.1, -0.05) is 36.4 Å². The molecule has 2 aromatic carbocycles. The van der Waals surface area contributed by atoms with Crippen LogP contribution in [0.1, 0.15) is 11.3 Å². The fraction of sp³-hybridized carbons (Fsp3) is 0.111. The second-order valence-corrected chi connectivity index (χ2v) is 5.43. The van der Waals surface area contributed by atoms with Crippen molar-refractivity contribution in [2.24, 2.45) is 0 Å². The molecule has 0 atom stereocenters. The highest BCUT2D eigenvalue weighted by Crippen LogP contribution is 2.43. The van der Waals surface area contributed by atoms with Crippen LogP contribution in [0.3, 0.4) is 0 Å². The Balaban J connectivity index is 1.95. The molecule has 0 fully saturated rings. The van der Waals surface area contributed by atoms with Crippen LogP contribution in [-0.2, 0) is 12.8 Å². The zero-order chi connectivity index (χ0) is 13.1. The normalized spacial score (nSPS) is 13.6. The number of aromatic amines is 1. The van der Waals surface area contributed by atoms with Gasteiger partial charge in [-0.3, -0.25) is 0 Å². The average Bonchev–Trinajstić information content (AvgIpc) is 3.04. The van der Waals surface area contributed by atoms with Crippen LogP contribution in [0.25, 0.3) is 33.2 Å². The van der Waals surface area contributed by atoms with Gasteiger partial charge >= 0.3 is 0 Å². The Morgan fingerprint density at radius 1 is 0.850 bits per heavy atom. The van der Waals surface area contributed by atoms with E-state index in [-0.39, 0.29) is 0 Å². The van der Waals surface area contributed by atoms with Crippen molar-refractivity contribution in [3.8, 4) is 11.3 Å². The minimum Gasteiger partial charge on any atom is -0.456 e. The van der Waals surface area contributed by atoms with E-state index in [4.69, 9.17) is 4.42 Å². The molecule has 2 aromatic heterocycles. The Hall–Kier alpha value is -2.48. The zero-order valence-corrected chi connectivity index (χ0v) is 10.9. The summed E-state index contributed by atoms with van der Waals surface area (Å²) in [5.74, 6) is 1.06. The van der Waals surface area contributed by atoms with Crippen LogP contribution >= 0.6 is 0 Å². The van der Waals surface area contributed by atoms with E-state index in [0.29, 0.717) is 0 Å². The van der Waals surface area contributed by atoms with Crippen LogP contribution in [-0.4, -0.2) is 4.98 Å². The predicted molar refractivity (Wildman–Crippen MR) is 80.9 cm³/mol. The first-order chi connectivity index (χ1) is 9.92. The van der Waals surface area contributed by atoms with Crippen molar-refractivity contribution in [1.29, 1.82) is 0 Å². The summed E-state index contributed by atoms with van der Waals surface area (Å²) in [6.45, 7) is 0. The zero-order valence-electron chi connectivity index (χ0n) is 10.9. The number of rotatable bonds is 0. The molecule has 96 valence electrons. The SMILES string of the molecule is c1ccc2c3c([nH]c2c1)CCc1c-3oc2ccccc12. The van der Waals surface area contributed by atoms with Gasteiger partial charge in [-0.05, 0) is 25.0 Å². The molecule has 0 saturated heterocycles. The number of furan rings is 1. The van der Waals surface area contributed by atoms with Crippen LogP contribution in [0.5, 0.6) is 0 Å². The lowest BCUT2D eigenvalue weighted by Crippen LogP contribution is -2.00. The lowest BCUT2D eigenvalue weighted by Gasteiger charge is -2.11. The minimum absolute atomic E-state index is 0.996. The number of benzene rings is 2. The number of nitrogens with one attached hydrogen (secondary N) is 1. The first-order valence-electron chi connectivity index (χ1n) is 7.02. The lowest BCUT2D eigenvalue weighted by atomic mass is 9.92. The van der Waals surface area contributed by atoms with Gasteiger partial charge in [-0.2, -0.15) is 0 Å². The van der Waals surface area contributed by atoms with Gasteiger partial charge in [0, 0.05) is 33.1 Å². The topological polar surface area (TPSA) is 28.9 Å². The van der Waals surface area contributed by atoms with Gasteiger partial charge in [0.1, 0.15) is 11.3 Å². The van der Waals surface area contributed by atoms with E-state index in [0.717, 1.165) is 24.2 Å². The van der Waals surface area contributed by atoms with Gasteiger partial charge in [0.25, 0.3) is 0 Å². The summed E-state index contributed by atoms with van der Waals surface area (Å²) >= 11 is 0. The second kappa shape index (κ2) is 3.54. The van der Waals surface area contributed by atoms with Crippen LogP contribution in [0.15, 0.2) is 52.9 Å². The van der Waals surface area contributed by atoms with Crippen LogP contribution < -0.4 is 0 Å². The molecule has 0 bridgehead atoms. The first-order valence-corrected chi connectivity index (χ1v) is 7.02. The van der Waals surface area contributed by atoms with E-state index in [1.165, 1.54) is 33.1 Å². The molecule has 20 heavy (non-hydrogen) atoms. The number of aromatic nitrogens is 1. The average molecular weight is 259 g/mol. The van der Waals surface area contributed by atoms with Crippen molar-refractivity contribution < 1.29 is 4.42 Å². The molecule has 0 saturated carbocycles. The number of H-pyrrole nitrogens is 1. The second-order valence-electron chi connectivity index (χ2n) is 5.43. The summed E-state index contributed by atoms with van der Waals surface area (Å²) in [4.78, 5) is 3.54. The molecule has 1 N–H and O–H groups in total. The number of fused-ring (bicyclic) bond motifs is 7. The monoisotopic (exact) mass is 259 g/mol. The van der Waals surface area contributed by atoms with Gasteiger partial charge in [-0.15, -0.1) is 0 Å². The number of hydrogen-bond donors (Lipinski definition) is 1. The largest absolute Gasteiger partial charge is 0.456 e. The Kier molecular flexibility index (Phi) is 1.83. The van der Waals surface area contributed by atoms with Crippen LogP contribution in [0.2, 0.25) is 0 Å². The molecule has 2 heteroatoms. The number of hydrogen-bond acceptors (Lipinski definition) is 1. The van der Waals surface area contributed by atoms with Crippen molar-refractivity contribution >= 4 is 21.9 Å². The Labute approximate surface area is 116 Å². The maximum Gasteiger partial charge on any atom is 0.141 e. The predicted octanol–water partition coefficient (Wildman–Crippen LogP) is 4.68. The standard InChI is InChI=1S/C18H13NO/c1-3-7-14-13(6-1)17-15(19-14)10-9-12-11-5-2-4-8-16(11)20-18(12)17/h1-8,19H,9-10H2. The summed E-state index contributed by atoms with van der Waals surface area (Å²) in [6.07, 6.45) is 2.10. The maximum atomic E-state index is 6.16. The quantitative estimate of drug-likeness (QED) is 0.488. The molecule has 0 amide bonds. The fourth-order valence-corrected chi connectivity index (χ4v) is 3.44. The summed E-state index contributed by atoms with van der Waals surface area (Å²) in [5.41, 5.74) is 6.12. The molecular weight excluding hydrogens is 246 g/mol. The van der Waals surface area contributed by atoms with Gasteiger partial charge in [0.15, 0.2) is 0 Å². The highest BCUT2D eigenvalue weighted by atomic mass is 16.3. The van der Waals surface area contributed by atoms with Crippen molar-refractivity contribution in [2.45, 2.75) is 12.8 Å². The van der Waals surface area contributed by atoms with Crippen LogP contribution in [0, 0.1) is 0 Å². The first kappa shape index (κ1) is 10.3. The fourth-order valence-electron chi connectivity index (χ4n) is 3.44. The Morgan fingerprint density at radius 2 is 1.65 bits per heavy atom. The number of aryl methyl sites for hydroxylation is 2. The highest BCUT2D eigenvalue weighted by molar-refractivity contribution is 6.01. The molecule has 2 heterocycles. The summed E-state index contributed by atoms with van der Waals surface area (Å²) in [7, 11) is 0. The molecule has 0 spiro atoms. The van der Waals surface area contributed by atoms with Gasteiger partial charge in [0.2, 0.25) is 0 Å². The third-order valence-corrected chi connectivity index (χ3v) is 4.33. The third-order valence-electron chi connectivity index (χ3n) is 4.33.